The highest BCUT2D eigenvalue weighted by atomic mass is 19.1. The predicted molar refractivity (Wildman–Crippen MR) is 152 cm³/mol. The molecule has 38 heavy (non-hydrogen) atoms. The first kappa shape index (κ1) is 27.4. The Morgan fingerprint density at radius 1 is 1.00 bits per heavy atom. The van der Waals surface area contributed by atoms with Crippen LogP contribution in [0.3, 0.4) is 0 Å². The third-order valence-electron chi connectivity index (χ3n) is 7.49. The molecule has 4 nitrogen and oxygen atoms in total. The second-order valence-electron chi connectivity index (χ2n) is 11.3. The maximum atomic E-state index is 13.4. The van der Waals surface area contributed by atoms with E-state index in [4.69, 9.17) is 0 Å². The van der Waals surface area contributed by atoms with E-state index in [0.717, 1.165) is 35.2 Å². The first-order chi connectivity index (χ1) is 18.0. The molecule has 0 spiro atoms. The van der Waals surface area contributed by atoms with Crippen LogP contribution < -0.4 is 10.6 Å². The molecule has 0 aliphatic heterocycles. The van der Waals surface area contributed by atoms with Gasteiger partial charge in [-0.3, -0.25) is 4.79 Å². The molecular weight excluding hydrogens is 475 g/mol. The fraction of sp³-hybridized carbons (Fsp3) is 0.364. The van der Waals surface area contributed by atoms with Crippen LogP contribution in [0.2, 0.25) is 0 Å². The number of amides is 1. The zero-order chi connectivity index (χ0) is 27.5. The van der Waals surface area contributed by atoms with E-state index >= 15 is 0 Å². The van der Waals surface area contributed by atoms with Crippen molar-refractivity contribution in [2.75, 3.05) is 11.9 Å². The summed E-state index contributed by atoms with van der Waals surface area (Å²) in [6, 6.07) is 17.7. The molecule has 0 saturated carbocycles. The number of aliphatic hydroxyl groups excluding tert-OH is 1. The number of carbonyl (C=O) groups is 1. The van der Waals surface area contributed by atoms with Gasteiger partial charge in [0.15, 0.2) is 0 Å². The number of anilines is 1. The van der Waals surface area contributed by atoms with Crippen LogP contribution in [0.5, 0.6) is 0 Å². The van der Waals surface area contributed by atoms with Crippen molar-refractivity contribution in [3.05, 3.63) is 99.9 Å². The predicted octanol–water partition coefficient (Wildman–Crippen LogP) is 6.62. The molecule has 5 heteroatoms. The molecule has 1 aliphatic rings. The molecule has 1 amide bonds. The average Bonchev–Trinajstić information content (AvgIpc) is 2.89. The minimum atomic E-state index is -0.976. The van der Waals surface area contributed by atoms with Crippen molar-refractivity contribution >= 4 is 11.6 Å². The third-order valence-corrected chi connectivity index (χ3v) is 7.49. The van der Waals surface area contributed by atoms with Crippen molar-refractivity contribution in [3.8, 4) is 11.8 Å². The molecule has 0 saturated heterocycles. The van der Waals surface area contributed by atoms with Crippen LogP contribution in [0.25, 0.3) is 0 Å². The summed E-state index contributed by atoms with van der Waals surface area (Å²) in [4.78, 5) is 12.0. The van der Waals surface area contributed by atoms with Gasteiger partial charge in [0.2, 0.25) is 0 Å². The van der Waals surface area contributed by atoms with Crippen LogP contribution >= 0.6 is 0 Å². The summed E-state index contributed by atoms with van der Waals surface area (Å²) in [7, 11) is 0. The minimum Gasteiger partial charge on any atom is -0.381 e. The zero-order valence-electron chi connectivity index (χ0n) is 22.9. The van der Waals surface area contributed by atoms with E-state index < -0.39 is 6.10 Å². The van der Waals surface area contributed by atoms with Crippen LogP contribution in [0.1, 0.15) is 91.7 Å². The van der Waals surface area contributed by atoms with Gasteiger partial charge in [-0.1, -0.05) is 57.7 Å². The molecule has 3 N–H and O–H groups in total. The van der Waals surface area contributed by atoms with Gasteiger partial charge in [-0.15, -0.1) is 0 Å². The maximum absolute atomic E-state index is 13.4. The number of hydrogen-bond donors (Lipinski definition) is 3. The van der Waals surface area contributed by atoms with E-state index in [9.17, 15) is 14.3 Å². The van der Waals surface area contributed by atoms with Gasteiger partial charge in [0.25, 0.3) is 5.91 Å². The van der Waals surface area contributed by atoms with E-state index in [2.05, 4.69) is 56.2 Å². The van der Waals surface area contributed by atoms with Gasteiger partial charge in [-0.2, -0.15) is 0 Å². The van der Waals surface area contributed by atoms with Gasteiger partial charge in [0.05, 0.1) is 0 Å². The summed E-state index contributed by atoms with van der Waals surface area (Å²) in [5.74, 6) is 5.67. The fourth-order valence-corrected chi connectivity index (χ4v) is 5.11. The monoisotopic (exact) mass is 512 g/mol. The van der Waals surface area contributed by atoms with Crippen molar-refractivity contribution in [1.29, 1.82) is 0 Å². The second kappa shape index (κ2) is 11.0. The Morgan fingerprint density at radius 3 is 2.32 bits per heavy atom. The molecule has 0 aromatic heterocycles. The Morgan fingerprint density at radius 2 is 1.66 bits per heavy atom. The summed E-state index contributed by atoms with van der Waals surface area (Å²) in [6.45, 7) is 12.0. The molecule has 4 rings (SSSR count). The SMILES string of the molecule is CCNC(=O)c1ccc(C#CC(O)c2cc(NCc3ccc(F)cc3)c3c(c2)C(C)(C)CCC3(C)C)cc1. The number of hydrogen-bond acceptors (Lipinski definition) is 3. The van der Waals surface area contributed by atoms with E-state index in [1.807, 2.05) is 13.0 Å². The molecule has 0 heterocycles. The Hall–Kier alpha value is -3.62. The van der Waals surface area contributed by atoms with Crippen LogP contribution in [-0.2, 0) is 17.4 Å². The number of halogens is 1. The summed E-state index contributed by atoms with van der Waals surface area (Å²) in [5, 5.41) is 17.5. The lowest BCUT2D eigenvalue weighted by molar-refractivity contribution is 0.0956. The van der Waals surface area contributed by atoms with Crippen molar-refractivity contribution < 1.29 is 14.3 Å². The molecule has 0 radical (unpaired) electrons. The van der Waals surface area contributed by atoms with Gasteiger partial charge in [-0.05, 0) is 95.3 Å². The molecule has 1 aliphatic carbocycles. The van der Waals surface area contributed by atoms with Gasteiger partial charge in [0.1, 0.15) is 11.9 Å². The molecule has 3 aromatic rings. The van der Waals surface area contributed by atoms with E-state index in [0.29, 0.717) is 18.7 Å². The zero-order valence-corrected chi connectivity index (χ0v) is 22.9. The quantitative estimate of drug-likeness (QED) is 0.325. The van der Waals surface area contributed by atoms with Crippen molar-refractivity contribution in [2.45, 2.75) is 70.9 Å². The molecular formula is C33H37FN2O2. The highest BCUT2D eigenvalue weighted by Crippen LogP contribution is 2.49. The summed E-state index contributed by atoms with van der Waals surface area (Å²) >= 11 is 0. The second-order valence-corrected chi connectivity index (χ2v) is 11.3. The number of fused-ring (bicyclic) bond motifs is 1. The molecule has 0 fully saturated rings. The van der Waals surface area contributed by atoms with Gasteiger partial charge in [0, 0.05) is 29.9 Å². The maximum Gasteiger partial charge on any atom is 0.251 e. The van der Waals surface area contributed by atoms with Crippen molar-refractivity contribution in [3.63, 3.8) is 0 Å². The number of rotatable bonds is 6. The van der Waals surface area contributed by atoms with Crippen molar-refractivity contribution in [2.24, 2.45) is 0 Å². The smallest absolute Gasteiger partial charge is 0.251 e. The van der Waals surface area contributed by atoms with Gasteiger partial charge >= 0.3 is 0 Å². The number of nitrogens with one attached hydrogen (secondary N) is 2. The van der Waals surface area contributed by atoms with Crippen LogP contribution in [0.15, 0.2) is 60.7 Å². The molecule has 1 unspecified atom stereocenters. The lowest BCUT2D eigenvalue weighted by Crippen LogP contribution is -2.35. The fourth-order valence-electron chi connectivity index (χ4n) is 5.11. The summed E-state index contributed by atoms with van der Waals surface area (Å²) in [5.41, 5.74) is 6.41. The van der Waals surface area contributed by atoms with Crippen molar-refractivity contribution in [1.82, 2.24) is 5.32 Å². The largest absolute Gasteiger partial charge is 0.381 e. The Labute approximate surface area is 225 Å². The third kappa shape index (κ3) is 6.09. The average molecular weight is 513 g/mol. The Kier molecular flexibility index (Phi) is 7.94. The Bertz CT molecular complexity index is 1360. The van der Waals surface area contributed by atoms with E-state index in [-0.39, 0.29) is 22.6 Å². The highest BCUT2D eigenvalue weighted by molar-refractivity contribution is 5.94. The van der Waals surface area contributed by atoms with Gasteiger partial charge in [-0.25, -0.2) is 4.39 Å². The van der Waals surface area contributed by atoms with Gasteiger partial charge < -0.3 is 15.7 Å². The lowest BCUT2D eigenvalue weighted by Gasteiger charge is -2.43. The minimum absolute atomic E-state index is 0.0308. The first-order valence-electron chi connectivity index (χ1n) is 13.3. The van der Waals surface area contributed by atoms with Crippen LogP contribution in [-0.4, -0.2) is 17.6 Å². The normalized spacial score (nSPS) is 16.0. The topological polar surface area (TPSA) is 61.4 Å². The highest BCUT2D eigenvalue weighted by Gasteiger charge is 2.39. The standard InChI is InChI=1S/C33H37FN2O2/c1-6-35-31(38)24-12-7-22(8-13-24)11-16-29(37)25-19-27-30(33(4,5)18-17-32(27,2)3)28(20-25)36-21-23-9-14-26(34)15-10-23/h7-10,12-15,19-20,29,36-37H,6,17-18,21H2,1-5H3,(H,35,38). The summed E-state index contributed by atoms with van der Waals surface area (Å²) in [6.07, 6.45) is 1.13. The number of aliphatic hydroxyl groups is 1. The molecule has 198 valence electrons. The van der Waals surface area contributed by atoms with E-state index in [1.54, 1.807) is 36.4 Å². The first-order valence-corrected chi connectivity index (χ1v) is 13.3. The summed E-state index contributed by atoms with van der Waals surface area (Å²) < 4.78 is 13.4. The molecule has 0 bridgehead atoms. The number of carbonyl (C=O) groups excluding carboxylic acids is 1. The Balaban J connectivity index is 1.67. The number of benzene rings is 3. The van der Waals surface area contributed by atoms with E-state index in [1.165, 1.54) is 23.3 Å². The molecule has 3 aromatic carbocycles. The van der Waals surface area contributed by atoms with Crippen LogP contribution in [0.4, 0.5) is 10.1 Å². The van der Waals surface area contributed by atoms with Crippen LogP contribution in [0, 0.1) is 17.7 Å². The molecule has 1 atom stereocenters. The lowest BCUT2D eigenvalue weighted by atomic mass is 9.62.